The van der Waals surface area contributed by atoms with Crippen molar-refractivity contribution in [3.05, 3.63) is 0 Å². The maximum absolute atomic E-state index is 13.3. The first-order chi connectivity index (χ1) is 11.3. The maximum Gasteiger partial charge on any atom is 0.246 e. The van der Waals surface area contributed by atoms with Gasteiger partial charge in [-0.15, -0.1) is 0 Å². The average molecular weight is 331 g/mol. The van der Waals surface area contributed by atoms with E-state index in [9.17, 15) is 15.0 Å². The summed E-state index contributed by atoms with van der Waals surface area (Å²) in [6.45, 7) is 0. The predicted molar refractivity (Wildman–Crippen MR) is 85.3 cm³/mol. The predicted octanol–water partition coefficient (Wildman–Crippen LogP) is 0.371. The molecule has 6 heteroatoms. The Morgan fingerprint density at radius 2 is 1.79 bits per heavy atom. The molecule has 0 aromatic carbocycles. The number of amides is 1. The van der Waals surface area contributed by atoms with Crippen molar-refractivity contribution in [2.24, 2.45) is 17.3 Å². The van der Waals surface area contributed by atoms with Gasteiger partial charge in [0.2, 0.25) is 5.91 Å². The Morgan fingerprint density at radius 3 is 2.46 bits per heavy atom. The van der Waals surface area contributed by atoms with E-state index in [1.54, 1.807) is 0 Å². The van der Waals surface area contributed by atoms with Crippen LogP contribution >= 0.6 is 0 Å². The third-order valence-electron chi connectivity index (χ3n) is 7.90. The van der Waals surface area contributed by atoms with Crippen LogP contribution in [0.25, 0.3) is 0 Å². The summed E-state index contributed by atoms with van der Waals surface area (Å²) < 4.78 is 0. The molecule has 2 aliphatic heterocycles. The van der Waals surface area contributed by atoms with E-state index in [-0.39, 0.29) is 11.9 Å². The number of piperidine rings is 1. The molecular formula is C18H25N3O3. The second-order valence-electron chi connectivity index (χ2n) is 9.87. The second-order valence-corrected chi connectivity index (χ2v) is 9.87. The van der Waals surface area contributed by atoms with Gasteiger partial charge < -0.3 is 20.4 Å². The lowest BCUT2D eigenvalue weighted by Gasteiger charge is -2.65. The lowest BCUT2D eigenvalue weighted by molar-refractivity contribution is -0.236. The van der Waals surface area contributed by atoms with Gasteiger partial charge in [0.05, 0.1) is 17.2 Å². The number of hydrogen-bond donors (Lipinski definition) is 4. The first-order valence-electron chi connectivity index (χ1n) is 9.42. The molecule has 5 saturated carbocycles. The van der Waals surface area contributed by atoms with Crippen LogP contribution in [-0.4, -0.2) is 56.2 Å². The fraction of sp³-hybridized carbons (Fsp3) is 0.889. The molecule has 2 heterocycles. The summed E-state index contributed by atoms with van der Waals surface area (Å²) in [6.07, 6.45) is 6.04. The molecule has 7 aliphatic rings. The summed E-state index contributed by atoms with van der Waals surface area (Å²) >= 11 is 0. The van der Waals surface area contributed by atoms with Crippen molar-refractivity contribution < 1.29 is 15.0 Å². The van der Waals surface area contributed by atoms with E-state index in [0.717, 1.165) is 32.1 Å². The Kier molecular flexibility index (Phi) is 2.24. The molecule has 4 bridgehead atoms. The summed E-state index contributed by atoms with van der Waals surface area (Å²) in [5.41, 5.74) is -2.06. The van der Waals surface area contributed by atoms with Crippen LogP contribution in [0.15, 0.2) is 0 Å². The van der Waals surface area contributed by atoms with E-state index >= 15 is 0 Å². The van der Waals surface area contributed by atoms with Crippen LogP contribution in [0.4, 0.5) is 0 Å². The number of carbonyl (C=O) groups excluding carboxylic acids is 1. The van der Waals surface area contributed by atoms with Gasteiger partial charge in [-0.1, -0.05) is 0 Å². The first-order valence-corrected chi connectivity index (χ1v) is 9.42. The Labute approximate surface area is 141 Å². The van der Waals surface area contributed by atoms with Crippen LogP contribution < -0.4 is 5.32 Å². The molecule has 5 aliphatic carbocycles. The number of rotatable bonds is 1. The highest BCUT2D eigenvalue weighted by Crippen LogP contribution is 2.65. The van der Waals surface area contributed by atoms with Crippen LogP contribution in [-0.2, 0) is 4.79 Å². The minimum atomic E-state index is -0.831. The first kappa shape index (κ1) is 14.1. The van der Waals surface area contributed by atoms with E-state index in [1.165, 1.54) is 0 Å². The smallest absolute Gasteiger partial charge is 0.246 e. The van der Waals surface area contributed by atoms with Crippen molar-refractivity contribution in [1.82, 2.24) is 10.2 Å². The zero-order valence-corrected chi connectivity index (χ0v) is 13.8. The van der Waals surface area contributed by atoms with Gasteiger partial charge in [-0.05, 0) is 56.8 Å². The van der Waals surface area contributed by atoms with Gasteiger partial charge in [-0.2, -0.15) is 0 Å². The van der Waals surface area contributed by atoms with E-state index in [2.05, 4.69) is 5.32 Å². The van der Waals surface area contributed by atoms with Gasteiger partial charge in [0.1, 0.15) is 11.9 Å². The number of fused-ring (bicyclic) bond motifs is 3. The Balaban J connectivity index is 1.40. The molecule has 1 amide bonds. The SMILES string of the molecule is N=C1NC(C23CC4CC(O)(CC(O)(C4)C2)C3)C(=O)N2C1C[C@@H]1C[C@@H]12. The van der Waals surface area contributed by atoms with E-state index in [4.69, 9.17) is 5.41 Å². The Bertz CT molecular complexity index is 660. The molecule has 0 radical (unpaired) electrons. The largest absolute Gasteiger partial charge is 0.390 e. The average Bonchev–Trinajstić information content (AvgIpc) is 3.09. The molecule has 130 valence electrons. The van der Waals surface area contributed by atoms with Crippen molar-refractivity contribution in [3.8, 4) is 0 Å². The number of amidine groups is 1. The Morgan fingerprint density at radius 1 is 1.08 bits per heavy atom. The van der Waals surface area contributed by atoms with Crippen molar-refractivity contribution in [2.75, 3.05) is 0 Å². The lowest BCUT2D eigenvalue weighted by atomic mass is 9.44. The minimum absolute atomic E-state index is 0.0578. The summed E-state index contributed by atoms with van der Waals surface area (Å²) in [7, 11) is 0. The molecular weight excluding hydrogens is 306 g/mol. The normalized spacial score (nSPS) is 60.1. The quantitative estimate of drug-likeness (QED) is 0.558. The fourth-order valence-corrected chi connectivity index (χ4v) is 7.64. The molecule has 6 atom stereocenters. The molecule has 7 rings (SSSR count). The highest BCUT2D eigenvalue weighted by Gasteiger charge is 2.68. The number of nitrogens with zero attached hydrogens (tertiary/aromatic N) is 1. The third kappa shape index (κ3) is 1.59. The Hall–Kier alpha value is -1.14. The zero-order chi connectivity index (χ0) is 16.5. The van der Waals surface area contributed by atoms with Crippen LogP contribution in [0.1, 0.15) is 51.4 Å². The molecule has 0 spiro atoms. The molecule has 0 aromatic rings. The van der Waals surface area contributed by atoms with E-state index in [0.29, 0.717) is 43.0 Å². The molecule has 7 fully saturated rings. The number of nitrogens with one attached hydrogen (secondary N) is 2. The molecule has 4 N–H and O–H groups in total. The monoisotopic (exact) mass is 331 g/mol. The van der Waals surface area contributed by atoms with Gasteiger partial charge in [0.25, 0.3) is 0 Å². The molecule has 24 heavy (non-hydrogen) atoms. The number of piperazine rings is 1. The van der Waals surface area contributed by atoms with Crippen molar-refractivity contribution in [1.29, 1.82) is 5.41 Å². The fourth-order valence-electron chi connectivity index (χ4n) is 7.64. The summed E-state index contributed by atoms with van der Waals surface area (Å²) in [5, 5.41) is 33.7. The van der Waals surface area contributed by atoms with Gasteiger partial charge >= 0.3 is 0 Å². The molecule has 2 saturated heterocycles. The number of aliphatic hydroxyl groups is 2. The highest BCUT2D eigenvalue weighted by atomic mass is 16.3. The third-order valence-corrected chi connectivity index (χ3v) is 7.90. The van der Waals surface area contributed by atoms with Gasteiger partial charge in [0.15, 0.2) is 0 Å². The van der Waals surface area contributed by atoms with Gasteiger partial charge in [0, 0.05) is 17.9 Å². The zero-order valence-electron chi connectivity index (χ0n) is 13.8. The van der Waals surface area contributed by atoms with Crippen LogP contribution in [0.2, 0.25) is 0 Å². The summed E-state index contributed by atoms with van der Waals surface area (Å²) in [6, 6.07) is -0.160. The second kappa shape index (κ2) is 3.83. The van der Waals surface area contributed by atoms with E-state index in [1.807, 2.05) is 4.90 Å². The van der Waals surface area contributed by atoms with Gasteiger partial charge in [-0.3, -0.25) is 10.2 Å². The van der Waals surface area contributed by atoms with Crippen molar-refractivity contribution in [3.63, 3.8) is 0 Å². The van der Waals surface area contributed by atoms with Crippen LogP contribution in [0.3, 0.4) is 0 Å². The summed E-state index contributed by atoms with van der Waals surface area (Å²) in [5.74, 6) is 1.48. The van der Waals surface area contributed by atoms with E-state index < -0.39 is 22.7 Å². The maximum atomic E-state index is 13.3. The molecule has 6 nitrogen and oxygen atoms in total. The van der Waals surface area contributed by atoms with Gasteiger partial charge in [-0.25, -0.2) is 0 Å². The summed E-state index contributed by atoms with van der Waals surface area (Å²) in [4.78, 5) is 15.3. The minimum Gasteiger partial charge on any atom is -0.390 e. The number of hydrogen-bond acceptors (Lipinski definition) is 4. The molecule has 4 unspecified atom stereocenters. The van der Waals surface area contributed by atoms with Crippen molar-refractivity contribution in [2.45, 2.75) is 80.7 Å². The topological polar surface area (TPSA) is 96.6 Å². The van der Waals surface area contributed by atoms with Crippen LogP contribution in [0.5, 0.6) is 0 Å². The molecule has 0 aromatic heterocycles. The number of carbonyl (C=O) groups is 1. The standard InChI is InChI=1S/C18H25N3O3/c19-14-12-2-10-1-11(10)21(12)15(22)13(20-14)16-3-9-4-17(23,6-16)8-18(24,5-9)7-16/h9-13,23-24H,1-8H2,(H2,19,20)/t9?,10-,11-,12?,13?,16?,17?,18?/m0/s1. The highest BCUT2D eigenvalue weighted by molar-refractivity contribution is 6.00. The lowest BCUT2D eigenvalue weighted by Crippen LogP contribution is -2.73. The van der Waals surface area contributed by atoms with Crippen molar-refractivity contribution >= 4 is 11.7 Å². The van der Waals surface area contributed by atoms with Crippen LogP contribution in [0, 0.1) is 22.7 Å².